The molecule has 4 unspecified atom stereocenters. The number of rotatable bonds is 3. The summed E-state index contributed by atoms with van der Waals surface area (Å²) in [7, 11) is 2.44. The molecule has 1 aromatic rings. The van der Waals surface area contributed by atoms with Crippen LogP contribution in [-0.4, -0.2) is 24.0 Å². The Hall–Kier alpha value is -1.08. The number of nitrogens with zero attached hydrogens (tertiary/aromatic N) is 1. The van der Waals surface area contributed by atoms with E-state index in [1.807, 2.05) is 0 Å². The summed E-state index contributed by atoms with van der Waals surface area (Å²) in [5.74, 6) is 2.51. The van der Waals surface area contributed by atoms with E-state index in [0.29, 0.717) is 11.5 Å². The quantitative estimate of drug-likeness (QED) is 0.543. The molecule has 5 rings (SSSR count). The molecule has 0 spiro atoms. The van der Waals surface area contributed by atoms with E-state index >= 15 is 0 Å². The fourth-order valence-electron chi connectivity index (χ4n) is 7.96. The van der Waals surface area contributed by atoms with Gasteiger partial charge in [0.1, 0.15) is 0 Å². The average Bonchev–Trinajstić information content (AvgIpc) is 3.43. The summed E-state index contributed by atoms with van der Waals surface area (Å²) in [5.41, 5.74) is 4.04. The summed E-state index contributed by atoms with van der Waals surface area (Å²) >= 11 is 0. The van der Waals surface area contributed by atoms with Gasteiger partial charge in [-0.1, -0.05) is 62.1 Å². The van der Waals surface area contributed by atoms with E-state index in [1.165, 1.54) is 64.2 Å². The van der Waals surface area contributed by atoms with Gasteiger partial charge in [-0.05, 0) is 75.0 Å². The van der Waals surface area contributed by atoms with Crippen molar-refractivity contribution < 1.29 is 0 Å². The van der Waals surface area contributed by atoms with Crippen molar-refractivity contribution in [1.29, 1.82) is 0 Å². The highest BCUT2D eigenvalue weighted by Crippen LogP contribution is 2.65. The molecule has 3 fully saturated rings. The third-order valence-electron chi connectivity index (χ3n) is 8.99. The molecule has 3 aliphatic carbocycles. The minimum Gasteiger partial charge on any atom is -0.296 e. The fraction of sp³-hybridized carbons (Fsp3) is 0.692. The lowest BCUT2D eigenvalue weighted by molar-refractivity contribution is 0.0303. The zero-order valence-electron chi connectivity index (χ0n) is 17.4. The van der Waals surface area contributed by atoms with Gasteiger partial charge in [-0.2, -0.15) is 0 Å². The van der Waals surface area contributed by atoms with Gasteiger partial charge >= 0.3 is 0 Å². The molecule has 146 valence electrons. The van der Waals surface area contributed by atoms with E-state index in [2.05, 4.69) is 55.3 Å². The fourth-order valence-corrected chi connectivity index (χ4v) is 7.96. The Morgan fingerprint density at radius 1 is 0.926 bits per heavy atom. The minimum absolute atomic E-state index is 0.581. The molecule has 27 heavy (non-hydrogen) atoms. The van der Waals surface area contributed by atoms with Crippen LogP contribution in [0.4, 0.5) is 0 Å². The first-order valence-electron chi connectivity index (χ1n) is 11.7. The molecule has 1 heteroatoms. The maximum Gasteiger partial charge on any atom is 0.0278 e. The summed E-state index contributed by atoms with van der Waals surface area (Å²) in [5, 5.41) is 0. The Morgan fingerprint density at radius 3 is 2.33 bits per heavy atom. The van der Waals surface area contributed by atoms with E-state index in [1.54, 1.807) is 11.1 Å². The molecule has 0 bridgehead atoms. The summed E-state index contributed by atoms with van der Waals surface area (Å²) in [6, 6.07) is 11.0. The second-order valence-corrected chi connectivity index (χ2v) is 9.96. The van der Waals surface area contributed by atoms with Gasteiger partial charge in [0.2, 0.25) is 0 Å². The van der Waals surface area contributed by atoms with Gasteiger partial charge in [-0.15, -0.1) is 0 Å². The van der Waals surface area contributed by atoms with E-state index in [9.17, 15) is 0 Å². The molecule has 0 N–H and O–H groups in total. The molecule has 0 radical (unpaired) electrons. The molecular formula is C26H37N. The second-order valence-electron chi connectivity index (χ2n) is 9.96. The highest BCUT2D eigenvalue weighted by molar-refractivity contribution is 5.45. The average molecular weight is 364 g/mol. The zero-order valence-corrected chi connectivity index (χ0v) is 17.4. The largest absolute Gasteiger partial charge is 0.296 e. The Balaban J connectivity index is 1.61. The van der Waals surface area contributed by atoms with E-state index < -0.39 is 0 Å². The van der Waals surface area contributed by atoms with Crippen LogP contribution in [0.25, 0.3) is 0 Å². The lowest BCUT2D eigenvalue weighted by atomic mass is 9.60. The number of piperidine rings is 1. The topological polar surface area (TPSA) is 3.24 Å². The Morgan fingerprint density at radius 2 is 1.63 bits per heavy atom. The van der Waals surface area contributed by atoms with Gasteiger partial charge in [-0.3, -0.25) is 4.90 Å². The zero-order chi connectivity index (χ0) is 18.4. The van der Waals surface area contributed by atoms with Crippen LogP contribution in [0.3, 0.4) is 0 Å². The van der Waals surface area contributed by atoms with Gasteiger partial charge in [0.05, 0.1) is 0 Å². The van der Waals surface area contributed by atoms with Crippen LogP contribution < -0.4 is 0 Å². The van der Waals surface area contributed by atoms with Crippen LogP contribution in [0.15, 0.2) is 36.4 Å². The van der Waals surface area contributed by atoms with Gasteiger partial charge in [0.25, 0.3) is 0 Å². The van der Waals surface area contributed by atoms with Crippen LogP contribution in [0.1, 0.15) is 94.1 Å². The molecule has 2 saturated carbocycles. The standard InChI is InChI=1S/C26H37N/c1-3-10-20-15-16-23-21-13-6-7-14-22(21)24(25(23)27(20)2)26(17-8-9-18-26)19-11-4-5-12-19/h3,6-7,10,13-14,19-20,23-25H,4-5,8-9,11-12,15-18H2,1-2H3. The number of benzene rings is 1. The second kappa shape index (κ2) is 7.07. The number of likely N-dealkylation sites (N-methyl/N-ethyl adjacent to an activating group) is 1. The molecule has 1 aliphatic heterocycles. The molecule has 4 aliphatic rings. The molecule has 1 nitrogen and oxygen atoms in total. The molecule has 0 amide bonds. The first-order chi connectivity index (χ1) is 13.3. The van der Waals surface area contributed by atoms with Crippen molar-refractivity contribution in [1.82, 2.24) is 4.90 Å². The predicted octanol–water partition coefficient (Wildman–Crippen LogP) is 6.66. The van der Waals surface area contributed by atoms with Crippen molar-refractivity contribution in [3.05, 3.63) is 47.5 Å². The number of fused-ring (bicyclic) bond motifs is 3. The van der Waals surface area contributed by atoms with Gasteiger partial charge in [-0.25, -0.2) is 0 Å². The van der Waals surface area contributed by atoms with Crippen LogP contribution >= 0.6 is 0 Å². The van der Waals surface area contributed by atoms with E-state index in [4.69, 9.17) is 0 Å². The lowest BCUT2D eigenvalue weighted by Crippen LogP contribution is -2.51. The maximum absolute atomic E-state index is 2.80. The van der Waals surface area contributed by atoms with E-state index in [-0.39, 0.29) is 0 Å². The molecule has 1 heterocycles. The van der Waals surface area contributed by atoms with Crippen molar-refractivity contribution in [3.63, 3.8) is 0 Å². The summed E-state index contributed by atoms with van der Waals surface area (Å²) < 4.78 is 0. The van der Waals surface area contributed by atoms with Crippen molar-refractivity contribution in [2.24, 2.45) is 11.3 Å². The predicted molar refractivity (Wildman–Crippen MR) is 114 cm³/mol. The normalized spacial score (nSPS) is 36.4. The van der Waals surface area contributed by atoms with Crippen LogP contribution in [0, 0.1) is 11.3 Å². The van der Waals surface area contributed by atoms with Gasteiger partial charge < -0.3 is 0 Å². The van der Waals surface area contributed by atoms with Crippen molar-refractivity contribution in [2.45, 2.75) is 95.1 Å². The summed E-state index contributed by atoms with van der Waals surface area (Å²) in [6.45, 7) is 2.19. The monoisotopic (exact) mass is 363 g/mol. The Bertz CT molecular complexity index is 692. The van der Waals surface area contributed by atoms with Crippen molar-refractivity contribution in [2.75, 3.05) is 7.05 Å². The molecular weight excluding hydrogens is 326 g/mol. The highest BCUT2D eigenvalue weighted by atomic mass is 15.2. The number of hydrogen-bond acceptors (Lipinski definition) is 1. The Kier molecular flexibility index (Phi) is 4.71. The molecule has 1 saturated heterocycles. The van der Waals surface area contributed by atoms with Crippen molar-refractivity contribution >= 4 is 0 Å². The SMILES string of the molecule is CC=CC1CCC2c3ccccc3C(C3(C4CCCC4)CCCC3)C2N1C. The Labute approximate surface area is 166 Å². The number of allylic oxidation sites excluding steroid dienone is 1. The first-order valence-corrected chi connectivity index (χ1v) is 11.7. The smallest absolute Gasteiger partial charge is 0.0278 e. The van der Waals surface area contributed by atoms with Gasteiger partial charge in [0.15, 0.2) is 0 Å². The summed E-state index contributed by atoms with van der Waals surface area (Å²) in [4.78, 5) is 2.80. The summed E-state index contributed by atoms with van der Waals surface area (Å²) in [6.07, 6.45) is 19.3. The third-order valence-corrected chi connectivity index (χ3v) is 8.99. The number of likely N-dealkylation sites (tertiary alicyclic amines) is 1. The van der Waals surface area contributed by atoms with Crippen LogP contribution in [0.5, 0.6) is 0 Å². The molecule has 0 aromatic heterocycles. The number of hydrogen-bond donors (Lipinski definition) is 0. The lowest BCUT2D eigenvalue weighted by Gasteiger charge is -2.50. The van der Waals surface area contributed by atoms with Crippen LogP contribution in [-0.2, 0) is 0 Å². The first kappa shape index (κ1) is 18.0. The van der Waals surface area contributed by atoms with Crippen LogP contribution in [0.2, 0.25) is 0 Å². The van der Waals surface area contributed by atoms with Gasteiger partial charge in [0, 0.05) is 23.9 Å². The molecule has 4 atom stereocenters. The van der Waals surface area contributed by atoms with E-state index in [0.717, 1.165) is 23.8 Å². The third kappa shape index (κ3) is 2.68. The highest BCUT2D eigenvalue weighted by Gasteiger charge is 2.57. The van der Waals surface area contributed by atoms with Crippen molar-refractivity contribution in [3.8, 4) is 0 Å². The maximum atomic E-state index is 2.80. The minimum atomic E-state index is 0.581. The molecule has 1 aromatic carbocycles.